The van der Waals surface area contributed by atoms with Crippen LogP contribution >= 0.6 is 0 Å². The molecule has 0 saturated heterocycles. The number of fused-ring (bicyclic) bond motifs is 1. The van der Waals surface area contributed by atoms with Gasteiger partial charge in [-0.1, -0.05) is 19.9 Å². The van der Waals surface area contributed by atoms with Crippen LogP contribution in [0.4, 0.5) is 0 Å². The van der Waals surface area contributed by atoms with Crippen molar-refractivity contribution in [3.63, 3.8) is 0 Å². The molecular formula is C12H14N2O2. The SMILES string of the molecule is CC(C)c1ccc2ncn(CC(=O)O)c2c1. The fraction of sp³-hybridized carbons (Fsp3) is 0.333. The number of carboxylic acids is 1. The molecular weight excluding hydrogens is 204 g/mol. The molecule has 0 unspecified atom stereocenters. The average molecular weight is 218 g/mol. The zero-order chi connectivity index (χ0) is 11.7. The van der Waals surface area contributed by atoms with E-state index >= 15 is 0 Å². The van der Waals surface area contributed by atoms with E-state index in [-0.39, 0.29) is 6.54 Å². The van der Waals surface area contributed by atoms with Crippen LogP contribution < -0.4 is 0 Å². The predicted molar refractivity (Wildman–Crippen MR) is 61.5 cm³/mol. The number of benzene rings is 1. The van der Waals surface area contributed by atoms with E-state index in [1.807, 2.05) is 18.2 Å². The van der Waals surface area contributed by atoms with Gasteiger partial charge in [-0.2, -0.15) is 0 Å². The number of rotatable bonds is 3. The van der Waals surface area contributed by atoms with Crippen molar-refractivity contribution in [1.29, 1.82) is 0 Å². The smallest absolute Gasteiger partial charge is 0.323 e. The van der Waals surface area contributed by atoms with E-state index < -0.39 is 5.97 Å². The molecule has 0 saturated carbocycles. The van der Waals surface area contributed by atoms with E-state index in [0.717, 1.165) is 11.0 Å². The lowest BCUT2D eigenvalue weighted by Crippen LogP contribution is -2.07. The van der Waals surface area contributed by atoms with Crippen LogP contribution in [0, 0.1) is 0 Å². The van der Waals surface area contributed by atoms with Gasteiger partial charge in [0.1, 0.15) is 6.54 Å². The Hall–Kier alpha value is -1.84. The molecule has 2 rings (SSSR count). The van der Waals surface area contributed by atoms with Gasteiger partial charge in [-0.25, -0.2) is 4.98 Å². The average Bonchev–Trinajstić information content (AvgIpc) is 2.60. The molecule has 0 aliphatic carbocycles. The standard InChI is InChI=1S/C12H14N2O2/c1-8(2)9-3-4-10-11(5-9)14(7-13-10)6-12(15)16/h3-5,7-8H,6H2,1-2H3,(H,15,16). The molecule has 0 radical (unpaired) electrons. The summed E-state index contributed by atoms with van der Waals surface area (Å²) in [6.07, 6.45) is 1.57. The molecule has 4 nitrogen and oxygen atoms in total. The lowest BCUT2D eigenvalue weighted by Gasteiger charge is -2.06. The highest BCUT2D eigenvalue weighted by molar-refractivity contribution is 5.78. The number of nitrogens with zero attached hydrogens (tertiary/aromatic N) is 2. The first-order valence-electron chi connectivity index (χ1n) is 5.24. The van der Waals surface area contributed by atoms with Gasteiger partial charge in [0.05, 0.1) is 17.4 Å². The predicted octanol–water partition coefficient (Wildman–Crippen LogP) is 2.24. The Kier molecular flexibility index (Phi) is 2.64. The Labute approximate surface area is 93.5 Å². The summed E-state index contributed by atoms with van der Waals surface area (Å²) in [5, 5.41) is 8.77. The van der Waals surface area contributed by atoms with Crippen molar-refractivity contribution in [1.82, 2.24) is 9.55 Å². The Balaban J connectivity index is 2.51. The van der Waals surface area contributed by atoms with Gasteiger partial charge in [-0.15, -0.1) is 0 Å². The molecule has 4 heteroatoms. The minimum absolute atomic E-state index is 0.0436. The summed E-state index contributed by atoms with van der Waals surface area (Å²) in [6.45, 7) is 4.18. The van der Waals surface area contributed by atoms with Crippen molar-refractivity contribution in [2.45, 2.75) is 26.3 Å². The van der Waals surface area contributed by atoms with Crippen LogP contribution in [0.15, 0.2) is 24.5 Å². The van der Waals surface area contributed by atoms with Crippen molar-refractivity contribution < 1.29 is 9.90 Å². The van der Waals surface area contributed by atoms with Gasteiger partial charge in [0.25, 0.3) is 0 Å². The first-order chi connectivity index (χ1) is 7.58. The Morgan fingerprint density at radius 1 is 1.50 bits per heavy atom. The second-order valence-corrected chi connectivity index (χ2v) is 4.17. The van der Waals surface area contributed by atoms with Crippen molar-refractivity contribution in [3.05, 3.63) is 30.1 Å². The quantitative estimate of drug-likeness (QED) is 0.859. The highest BCUT2D eigenvalue weighted by Gasteiger charge is 2.07. The lowest BCUT2D eigenvalue weighted by molar-refractivity contribution is -0.137. The van der Waals surface area contributed by atoms with E-state index in [9.17, 15) is 4.79 Å². The van der Waals surface area contributed by atoms with Gasteiger partial charge in [0.2, 0.25) is 0 Å². The van der Waals surface area contributed by atoms with Gasteiger partial charge in [-0.05, 0) is 23.6 Å². The second kappa shape index (κ2) is 3.96. The van der Waals surface area contributed by atoms with Crippen molar-refractivity contribution >= 4 is 17.0 Å². The van der Waals surface area contributed by atoms with Crippen molar-refractivity contribution in [2.75, 3.05) is 0 Å². The first kappa shape index (κ1) is 10.7. The highest BCUT2D eigenvalue weighted by atomic mass is 16.4. The summed E-state index contributed by atoms with van der Waals surface area (Å²) >= 11 is 0. The Morgan fingerprint density at radius 3 is 2.88 bits per heavy atom. The number of carbonyl (C=O) groups is 1. The molecule has 0 aliphatic heterocycles. The normalized spacial score (nSPS) is 11.2. The number of hydrogen-bond acceptors (Lipinski definition) is 2. The Morgan fingerprint density at radius 2 is 2.25 bits per heavy atom. The first-order valence-corrected chi connectivity index (χ1v) is 5.24. The second-order valence-electron chi connectivity index (χ2n) is 4.17. The molecule has 1 heterocycles. The fourth-order valence-corrected chi connectivity index (χ4v) is 1.70. The van der Waals surface area contributed by atoms with Gasteiger partial charge in [0, 0.05) is 0 Å². The van der Waals surface area contributed by atoms with Crippen LogP contribution in [-0.4, -0.2) is 20.6 Å². The zero-order valence-corrected chi connectivity index (χ0v) is 9.34. The van der Waals surface area contributed by atoms with Gasteiger partial charge in [-0.3, -0.25) is 4.79 Å². The molecule has 16 heavy (non-hydrogen) atoms. The van der Waals surface area contributed by atoms with Gasteiger partial charge >= 0.3 is 5.97 Å². The molecule has 1 aromatic heterocycles. The van der Waals surface area contributed by atoms with Crippen LogP contribution in [0.1, 0.15) is 25.3 Å². The summed E-state index contributed by atoms with van der Waals surface area (Å²) in [5.74, 6) is -0.424. The van der Waals surface area contributed by atoms with Crippen LogP contribution in [0.25, 0.3) is 11.0 Å². The zero-order valence-electron chi connectivity index (χ0n) is 9.34. The Bertz CT molecular complexity index is 529. The number of imidazole rings is 1. The summed E-state index contributed by atoms with van der Waals surface area (Å²) in [6, 6.07) is 5.98. The summed E-state index contributed by atoms with van der Waals surface area (Å²) in [4.78, 5) is 14.9. The largest absolute Gasteiger partial charge is 0.480 e. The third kappa shape index (κ3) is 1.91. The maximum absolute atomic E-state index is 10.7. The molecule has 84 valence electrons. The minimum Gasteiger partial charge on any atom is -0.480 e. The van der Waals surface area contributed by atoms with E-state index in [2.05, 4.69) is 18.8 Å². The number of aromatic nitrogens is 2. The van der Waals surface area contributed by atoms with Crippen LogP contribution in [-0.2, 0) is 11.3 Å². The van der Waals surface area contributed by atoms with Crippen LogP contribution in [0.3, 0.4) is 0 Å². The third-order valence-corrected chi connectivity index (χ3v) is 2.62. The molecule has 0 aliphatic rings. The monoisotopic (exact) mass is 218 g/mol. The number of hydrogen-bond donors (Lipinski definition) is 1. The molecule has 1 aromatic carbocycles. The van der Waals surface area contributed by atoms with Gasteiger partial charge < -0.3 is 9.67 Å². The van der Waals surface area contributed by atoms with Crippen molar-refractivity contribution in [2.24, 2.45) is 0 Å². The molecule has 1 N–H and O–H groups in total. The maximum atomic E-state index is 10.7. The summed E-state index contributed by atoms with van der Waals surface area (Å²) in [5.41, 5.74) is 2.92. The van der Waals surface area contributed by atoms with E-state index in [1.165, 1.54) is 5.56 Å². The molecule has 2 aromatic rings. The number of carboxylic acid groups (broad SMARTS) is 1. The van der Waals surface area contributed by atoms with Crippen molar-refractivity contribution in [3.8, 4) is 0 Å². The highest BCUT2D eigenvalue weighted by Crippen LogP contribution is 2.20. The number of aliphatic carboxylic acids is 1. The molecule has 0 bridgehead atoms. The third-order valence-electron chi connectivity index (χ3n) is 2.62. The van der Waals surface area contributed by atoms with Gasteiger partial charge in [0.15, 0.2) is 0 Å². The van der Waals surface area contributed by atoms with Crippen LogP contribution in [0.5, 0.6) is 0 Å². The van der Waals surface area contributed by atoms with E-state index in [0.29, 0.717) is 5.92 Å². The maximum Gasteiger partial charge on any atom is 0.323 e. The topological polar surface area (TPSA) is 55.1 Å². The van der Waals surface area contributed by atoms with Crippen LogP contribution in [0.2, 0.25) is 0 Å². The summed E-state index contributed by atoms with van der Waals surface area (Å²) in [7, 11) is 0. The molecule has 0 fully saturated rings. The molecule has 0 atom stereocenters. The molecule has 0 amide bonds. The fourth-order valence-electron chi connectivity index (χ4n) is 1.70. The lowest BCUT2D eigenvalue weighted by atomic mass is 10.0. The van der Waals surface area contributed by atoms with E-state index in [4.69, 9.17) is 5.11 Å². The summed E-state index contributed by atoms with van der Waals surface area (Å²) < 4.78 is 1.66. The molecule has 0 spiro atoms. The van der Waals surface area contributed by atoms with E-state index in [1.54, 1.807) is 10.9 Å². The minimum atomic E-state index is -0.853.